The molecule has 184 valence electrons. The quantitative estimate of drug-likeness (QED) is 0.242. The number of rotatable bonds is 6. The van der Waals surface area contributed by atoms with Crippen LogP contribution in [0.4, 0.5) is 11.4 Å². The molecule has 3 aromatic carbocycles. The number of thiophene rings is 1. The van der Waals surface area contributed by atoms with Crippen molar-refractivity contribution in [2.24, 2.45) is 0 Å². The van der Waals surface area contributed by atoms with Gasteiger partial charge in [0.2, 0.25) is 0 Å². The third-order valence-electron chi connectivity index (χ3n) is 6.20. The predicted octanol–water partition coefficient (Wildman–Crippen LogP) is 6.98. The number of aryl methyl sites for hydroxylation is 1. The van der Waals surface area contributed by atoms with Crippen molar-refractivity contribution in [3.63, 3.8) is 0 Å². The summed E-state index contributed by atoms with van der Waals surface area (Å²) in [6, 6.07) is 24.7. The fourth-order valence-electron chi connectivity index (χ4n) is 4.14. The van der Waals surface area contributed by atoms with Gasteiger partial charge < -0.3 is 15.8 Å². The number of nitrogens with two attached hydrogens (primary N) is 1. The van der Waals surface area contributed by atoms with Crippen molar-refractivity contribution < 1.29 is 14.3 Å². The van der Waals surface area contributed by atoms with Crippen LogP contribution >= 0.6 is 11.3 Å². The summed E-state index contributed by atoms with van der Waals surface area (Å²) < 4.78 is 5.33. The number of carbonyl (C=O) groups excluding carboxylic acids is 2. The van der Waals surface area contributed by atoms with Crippen LogP contribution in [0.2, 0.25) is 0 Å². The summed E-state index contributed by atoms with van der Waals surface area (Å²) in [6.07, 6.45) is 0. The molecule has 0 aliphatic rings. The molecule has 0 aliphatic carbocycles. The number of hydrogen-bond acceptors (Lipinski definition) is 6. The lowest BCUT2D eigenvalue weighted by molar-refractivity contribution is 0.101. The van der Waals surface area contributed by atoms with Crippen molar-refractivity contribution in [2.75, 3.05) is 18.2 Å². The molecule has 37 heavy (non-hydrogen) atoms. The van der Waals surface area contributed by atoms with Crippen molar-refractivity contribution in [2.45, 2.75) is 13.8 Å². The Labute approximate surface area is 218 Å². The largest absolute Gasteiger partial charge is 0.497 e. The summed E-state index contributed by atoms with van der Waals surface area (Å²) in [5.41, 5.74) is 12.9. The molecule has 0 unspecified atom stereocenters. The Balaban J connectivity index is 1.61. The number of pyridine rings is 1. The third-order valence-corrected chi connectivity index (χ3v) is 7.30. The van der Waals surface area contributed by atoms with E-state index in [1.54, 1.807) is 31.4 Å². The van der Waals surface area contributed by atoms with Gasteiger partial charge in [0.25, 0.3) is 5.91 Å². The Morgan fingerprint density at radius 3 is 2.19 bits per heavy atom. The monoisotopic (exact) mass is 507 g/mol. The number of benzene rings is 3. The number of fused-ring (bicyclic) bond motifs is 1. The minimum Gasteiger partial charge on any atom is -0.497 e. The van der Waals surface area contributed by atoms with Crippen molar-refractivity contribution in [1.29, 1.82) is 0 Å². The molecule has 3 N–H and O–H groups in total. The van der Waals surface area contributed by atoms with Crippen LogP contribution in [0.1, 0.15) is 32.5 Å². The second kappa shape index (κ2) is 9.87. The van der Waals surface area contributed by atoms with Crippen LogP contribution in [0.3, 0.4) is 0 Å². The molecular weight excluding hydrogens is 482 g/mol. The van der Waals surface area contributed by atoms with Crippen molar-refractivity contribution in [1.82, 2.24) is 4.98 Å². The minimum atomic E-state index is -0.325. The highest BCUT2D eigenvalue weighted by atomic mass is 32.1. The van der Waals surface area contributed by atoms with Gasteiger partial charge >= 0.3 is 0 Å². The topological polar surface area (TPSA) is 94.3 Å². The molecule has 7 heteroatoms. The lowest BCUT2D eigenvalue weighted by Crippen LogP contribution is -2.12. The molecule has 0 bridgehead atoms. The molecular formula is C30H25N3O3S. The normalized spacial score (nSPS) is 10.9. The van der Waals surface area contributed by atoms with E-state index in [1.807, 2.05) is 61.5 Å². The Morgan fingerprint density at radius 2 is 1.57 bits per heavy atom. The number of anilines is 2. The molecule has 1 amide bonds. The molecule has 0 fully saturated rings. The molecule has 5 rings (SSSR count). The number of nitrogens with zero attached hydrogens (tertiary/aromatic N) is 1. The molecule has 0 radical (unpaired) electrons. The van der Waals surface area contributed by atoms with E-state index in [2.05, 4.69) is 5.32 Å². The first kappa shape index (κ1) is 24.2. The lowest BCUT2D eigenvalue weighted by atomic mass is 9.99. The highest BCUT2D eigenvalue weighted by Crippen LogP contribution is 2.42. The van der Waals surface area contributed by atoms with Crippen LogP contribution < -0.4 is 15.8 Å². The minimum absolute atomic E-state index is 0.0341. The Hall–Kier alpha value is -4.49. The van der Waals surface area contributed by atoms with Gasteiger partial charge in [-0.1, -0.05) is 42.0 Å². The van der Waals surface area contributed by atoms with Gasteiger partial charge in [0, 0.05) is 22.2 Å². The molecule has 6 nitrogen and oxygen atoms in total. The predicted molar refractivity (Wildman–Crippen MR) is 151 cm³/mol. The number of nitrogen functional groups attached to an aromatic ring is 1. The summed E-state index contributed by atoms with van der Waals surface area (Å²) in [4.78, 5) is 30.8. The van der Waals surface area contributed by atoms with E-state index in [-0.39, 0.29) is 11.7 Å². The summed E-state index contributed by atoms with van der Waals surface area (Å²) in [6.45, 7) is 3.55. The third kappa shape index (κ3) is 4.81. The molecule has 2 heterocycles. The standard InChI is InChI=1S/C30H25N3O3S/c1-17-4-6-21(7-5-17)25-16-24(20-10-14-23(36-3)15-11-20)26-27(31)28(37-30(26)33-25)29(35)32-22-12-8-19(9-13-22)18(2)34/h4-16H,31H2,1-3H3,(H,32,35). The fraction of sp³-hybridized carbons (Fsp3) is 0.100. The summed E-state index contributed by atoms with van der Waals surface area (Å²) in [5.74, 6) is 0.392. The van der Waals surface area contributed by atoms with Gasteiger partial charge in [0.15, 0.2) is 5.78 Å². The van der Waals surface area contributed by atoms with Gasteiger partial charge in [0.05, 0.1) is 18.5 Å². The number of methoxy groups -OCH3 is 1. The number of carbonyl (C=O) groups is 2. The summed E-state index contributed by atoms with van der Waals surface area (Å²) >= 11 is 1.26. The van der Waals surface area contributed by atoms with E-state index in [0.29, 0.717) is 26.6 Å². The number of hydrogen-bond donors (Lipinski definition) is 2. The van der Waals surface area contributed by atoms with Crippen molar-refractivity contribution in [3.05, 3.63) is 94.9 Å². The second-order valence-electron chi connectivity index (χ2n) is 8.76. The lowest BCUT2D eigenvalue weighted by Gasteiger charge is -2.10. The second-order valence-corrected chi connectivity index (χ2v) is 9.76. The first-order valence-electron chi connectivity index (χ1n) is 11.7. The van der Waals surface area contributed by atoms with Gasteiger partial charge in [-0.15, -0.1) is 11.3 Å². The van der Waals surface area contributed by atoms with E-state index in [1.165, 1.54) is 18.3 Å². The first-order valence-corrected chi connectivity index (χ1v) is 12.5. The first-order chi connectivity index (χ1) is 17.8. The summed E-state index contributed by atoms with van der Waals surface area (Å²) in [5, 5.41) is 3.63. The van der Waals surface area contributed by atoms with Crippen LogP contribution in [-0.4, -0.2) is 23.8 Å². The molecule has 2 aromatic heterocycles. The maximum absolute atomic E-state index is 13.3. The van der Waals surface area contributed by atoms with E-state index >= 15 is 0 Å². The zero-order chi connectivity index (χ0) is 26.1. The number of amides is 1. The highest BCUT2D eigenvalue weighted by Gasteiger charge is 2.22. The number of aromatic nitrogens is 1. The van der Waals surface area contributed by atoms with E-state index in [4.69, 9.17) is 15.5 Å². The molecule has 5 aromatic rings. The smallest absolute Gasteiger partial charge is 0.267 e. The maximum Gasteiger partial charge on any atom is 0.267 e. The maximum atomic E-state index is 13.3. The number of ether oxygens (including phenoxy) is 1. The molecule has 0 saturated carbocycles. The van der Waals surface area contributed by atoms with Crippen molar-refractivity contribution in [3.8, 4) is 28.1 Å². The van der Waals surface area contributed by atoms with E-state index in [0.717, 1.165) is 39.1 Å². The van der Waals surface area contributed by atoms with Crippen LogP contribution in [0.5, 0.6) is 5.75 Å². The molecule has 0 atom stereocenters. The average molecular weight is 508 g/mol. The van der Waals surface area contributed by atoms with Crippen LogP contribution in [0.15, 0.2) is 78.9 Å². The number of Topliss-reactive ketones (excluding diaryl/α,β-unsaturated/α-hetero) is 1. The zero-order valence-electron chi connectivity index (χ0n) is 20.7. The van der Waals surface area contributed by atoms with Gasteiger partial charge in [-0.3, -0.25) is 9.59 Å². The highest BCUT2D eigenvalue weighted by molar-refractivity contribution is 7.21. The van der Waals surface area contributed by atoms with Gasteiger partial charge in [-0.2, -0.15) is 0 Å². The Kier molecular flexibility index (Phi) is 6.46. The number of nitrogens with one attached hydrogen (secondary N) is 1. The van der Waals surface area contributed by atoms with E-state index in [9.17, 15) is 9.59 Å². The van der Waals surface area contributed by atoms with E-state index < -0.39 is 0 Å². The SMILES string of the molecule is COc1ccc(-c2cc(-c3ccc(C)cc3)nc3sc(C(=O)Nc4ccc(C(C)=O)cc4)c(N)c23)cc1. The Bertz CT molecular complexity index is 1620. The van der Waals surface area contributed by atoms with Crippen LogP contribution in [-0.2, 0) is 0 Å². The Morgan fingerprint density at radius 1 is 0.919 bits per heavy atom. The van der Waals surface area contributed by atoms with Gasteiger partial charge in [0.1, 0.15) is 15.5 Å². The van der Waals surface area contributed by atoms with Crippen LogP contribution in [0.25, 0.3) is 32.6 Å². The average Bonchev–Trinajstić information content (AvgIpc) is 3.25. The van der Waals surface area contributed by atoms with Gasteiger partial charge in [-0.05, 0) is 67.4 Å². The summed E-state index contributed by atoms with van der Waals surface area (Å²) in [7, 11) is 1.63. The molecule has 0 spiro atoms. The molecule has 0 saturated heterocycles. The van der Waals surface area contributed by atoms with Crippen LogP contribution in [0, 0.1) is 6.92 Å². The fourth-order valence-corrected chi connectivity index (χ4v) is 5.15. The molecule has 0 aliphatic heterocycles. The zero-order valence-corrected chi connectivity index (χ0v) is 21.5. The van der Waals surface area contributed by atoms with Gasteiger partial charge in [-0.25, -0.2) is 4.98 Å². The van der Waals surface area contributed by atoms with Crippen molar-refractivity contribution >= 4 is 44.6 Å². The number of ketones is 1.